The predicted molar refractivity (Wildman–Crippen MR) is 74.4 cm³/mol. The summed E-state index contributed by atoms with van der Waals surface area (Å²) in [6.45, 7) is 4.36. The van der Waals surface area contributed by atoms with Gasteiger partial charge >= 0.3 is 0 Å². The lowest BCUT2D eigenvalue weighted by molar-refractivity contribution is 0.200. The maximum absolute atomic E-state index is 13.3. The molecule has 0 saturated carbocycles. The summed E-state index contributed by atoms with van der Waals surface area (Å²) < 4.78 is 18.3. The molecule has 1 aromatic rings. The summed E-state index contributed by atoms with van der Waals surface area (Å²) in [5.41, 5.74) is 2.05. The fourth-order valence-electron chi connectivity index (χ4n) is 1.54. The molecular weight excluding hydrogens is 253 g/mol. The second-order valence-electron chi connectivity index (χ2n) is 4.00. The molecule has 0 radical (unpaired) electrons. The Morgan fingerprint density at radius 2 is 2.28 bits per heavy atom. The highest BCUT2D eigenvalue weighted by Gasteiger charge is 2.00. The first-order valence-corrected chi connectivity index (χ1v) is 6.39. The lowest BCUT2D eigenvalue weighted by Gasteiger charge is -2.07. The number of methoxy groups -OCH3 is 1. The van der Waals surface area contributed by atoms with Crippen LogP contribution in [0.5, 0.6) is 0 Å². The van der Waals surface area contributed by atoms with Crippen LogP contribution in [0.1, 0.15) is 18.9 Å². The van der Waals surface area contributed by atoms with Crippen LogP contribution in [0.2, 0.25) is 5.02 Å². The van der Waals surface area contributed by atoms with Crippen molar-refractivity contribution in [3.05, 3.63) is 40.2 Å². The molecule has 0 atom stereocenters. The Hall–Kier alpha value is -0.900. The lowest BCUT2D eigenvalue weighted by Crippen LogP contribution is -2.21. The van der Waals surface area contributed by atoms with E-state index in [1.807, 2.05) is 12.1 Å². The standard InChI is InChI=1S/C14H19ClFNO/c1-3-11(10-17-6-7-18-2)8-12-4-5-13(15)14(16)9-12/h4-5,8-9,17H,3,6-7,10H2,1-2H3. The van der Waals surface area contributed by atoms with Crippen LogP contribution in [0, 0.1) is 5.82 Å². The van der Waals surface area contributed by atoms with E-state index in [2.05, 4.69) is 12.2 Å². The number of rotatable bonds is 7. The maximum Gasteiger partial charge on any atom is 0.142 e. The summed E-state index contributed by atoms with van der Waals surface area (Å²) in [7, 11) is 1.68. The van der Waals surface area contributed by atoms with Crippen LogP contribution in [-0.2, 0) is 4.74 Å². The van der Waals surface area contributed by atoms with Crippen LogP contribution in [0.25, 0.3) is 6.08 Å². The molecule has 0 aliphatic heterocycles. The van der Waals surface area contributed by atoms with Gasteiger partial charge in [0.2, 0.25) is 0 Å². The number of nitrogens with one attached hydrogen (secondary N) is 1. The number of hydrogen-bond donors (Lipinski definition) is 1. The van der Waals surface area contributed by atoms with E-state index in [-0.39, 0.29) is 10.8 Å². The van der Waals surface area contributed by atoms with E-state index in [4.69, 9.17) is 16.3 Å². The van der Waals surface area contributed by atoms with E-state index in [1.165, 1.54) is 11.6 Å². The van der Waals surface area contributed by atoms with Crippen LogP contribution in [0.15, 0.2) is 23.8 Å². The van der Waals surface area contributed by atoms with Crippen LogP contribution in [0.4, 0.5) is 4.39 Å². The number of hydrogen-bond acceptors (Lipinski definition) is 2. The highest BCUT2D eigenvalue weighted by Crippen LogP contribution is 2.17. The summed E-state index contributed by atoms with van der Waals surface area (Å²) in [5.74, 6) is -0.381. The lowest BCUT2D eigenvalue weighted by atomic mass is 10.1. The molecule has 0 amide bonds. The van der Waals surface area contributed by atoms with Crippen LogP contribution in [-0.4, -0.2) is 26.8 Å². The van der Waals surface area contributed by atoms with Gasteiger partial charge in [-0.2, -0.15) is 0 Å². The van der Waals surface area contributed by atoms with Crippen molar-refractivity contribution in [2.75, 3.05) is 26.8 Å². The molecule has 0 aliphatic rings. The molecule has 100 valence electrons. The molecule has 1 rings (SSSR count). The third-order valence-electron chi connectivity index (χ3n) is 2.60. The highest BCUT2D eigenvalue weighted by atomic mass is 35.5. The second-order valence-corrected chi connectivity index (χ2v) is 4.41. The van der Waals surface area contributed by atoms with Crippen LogP contribution < -0.4 is 5.32 Å². The molecule has 1 N–H and O–H groups in total. The number of ether oxygens (including phenoxy) is 1. The zero-order chi connectivity index (χ0) is 13.4. The van der Waals surface area contributed by atoms with Gasteiger partial charge in [-0.05, 0) is 24.1 Å². The minimum atomic E-state index is -0.381. The molecule has 0 spiro atoms. The molecule has 0 aromatic heterocycles. The summed E-state index contributed by atoms with van der Waals surface area (Å²) in [5, 5.41) is 3.43. The molecule has 0 unspecified atom stereocenters. The van der Waals surface area contributed by atoms with Gasteiger partial charge in [-0.15, -0.1) is 0 Å². The van der Waals surface area contributed by atoms with Crippen LogP contribution >= 0.6 is 11.6 Å². The van der Waals surface area contributed by atoms with Crippen molar-refractivity contribution in [3.63, 3.8) is 0 Å². The normalized spacial score (nSPS) is 11.9. The quantitative estimate of drug-likeness (QED) is 0.767. The molecule has 0 aliphatic carbocycles. The van der Waals surface area contributed by atoms with Gasteiger partial charge in [0.05, 0.1) is 11.6 Å². The minimum absolute atomic E-state index is 0.156. The van der Waals surface area contributed by atoms with Crippen molar-refractivity contribution in [2.45, 2.75) is 13.3 Å². The summed E-state index contributed by atoms with van der Waals surface area (Å²) in [4.78, 5) is 0. The first-order valence-electron chi connectivity index (χ1n) is 6.01. The van der Waals surface area contributed by atoms with Gasteiger partial charge in [0.15, 0.2) is 0 Å². The summed E-state index contributed by atoms with van der Waals surface area (Å²) >= 11 is 5.65. The Labute approximate surface area is 113 Å². The van der Waals surface area contributed by atoms with E-state index < -0.39 is 0 Å². The van der Waals surface area contributed by atoms with Gasteiger partial charge in [0, 0.05) is 20.2 Å². The van der Waals surface area contributed by atoms with E-state index in [9.17, 15) is 4.39 Å². The fraction of sp³-hybridized carbons (Fsp3) is 0.429. The largest absolute Gasteiger partial charge is 0.383 e. The summed E-state index contributed by atoms with van der Waals surface area (Å²) in [6, 6.07) is 4.84. The van der Waals surface area contributed by atoms with Crippen molar-refractivity contribution in [3.8, 4) is 0 Å². The van der Waals surface area contributed by atoms with Gasteiger partial charge < -0.3 is 10.1 Å². The third kappa shape index (κ3) is 5.17. The van der Waals surface area contributed by atoms with Crippen molar-refractivity contribution >= 4 is 17.7 Å². The molecule has 1 aromatic carbocycles. The average molecular weight is 272 g/mol. The third-order valence-corrected chi connectivity index (χ3v) is 2.91. The Kier molecular flexibility index (Phi) is 6.94. The minimum Gasteiger partial charge on any atom is -0.383 e. The Bertz CT molecular complexity index is 407. The van der Waals surface area contributed by atoms with Gasteiger partial charge in [0.1, 0.15) is 5.82 Å². The number of benzene rings is 1. The molecule has 18 heavy (non-hydrogen) atoms. The monoisotopic (exact) mass is 271 g/mol. The maximum atomic E-state index is 13.3. The van der Waals surface area contributed by atoms with Gasteiger partial charge in [0.25, 0.3) is 0 Å². The average Bonchev–Trinajstić information content (AvgIpc) is 2.37. The van der Waals surface area contributed by atoms with E-state index >= 15 is 0 Å². The van der Waals surface area contributed by atoms with Crippen molar-refractivity contribution < 1.29 is 9.13 Å². The Morgan fingerprint density at radius 1 is 1.50 bits per heavy atom. The summed E-state index contributed by atoms with van der Waals surface area (Å²) in [6.07, 6.45) is 2.91. The first-order chi connectivity index (χ1) is 8.67. The predicted octanol–water partition coefficient (Wildman–Crippen LogP) is 3.51. The van der Waals surface area contributed by atoms with Gasteiger partial charge in [-0.3, -0.25) is 0 Å². The van der Waals surface area contributed by atoms with Crippen molar-refractivity contribution in [1.82, 2.24) is 5.32 Å². The molecular formula is C14H19ClFNO. The molecule has 2 nitrogen and oxygen atoms in total. The SMILES string of the molecule is CCC(=Cc1ccc(Cl)c(F)c1)CNCCOC. The highest BCUT2D eigenvalue weighted by molar-refractivity contribution is 6.30. The molecule has 0 fully saturated rings. The van der Waals surface area contributed by atoms with E-state index in [0.29, 0.717) is 6.61 Å². The zero-order valence-corrected chi connectivity index (χ0v) is 11.6. The van der Waals surface area contributed by atoms with Crippen molar-refractivity contribution in [2.24, 2.45) is 0 Å². The Morgan fingerprint density at radius 3 is 2.89 bits per heavy atom. The molecule has 4 heteroatoms. The Balaban J connectivity index is 2.62. The molecule has 0 saturated heterocycles. The molecule has 0 heterocycles. The first kappa shape index (κ1) is 15.2. The van der Waals surface area contributed by atoms with Gasteiger partial charge in [-0.25, -0.2) is 4.39 Å². The van der Waals surface area contributed by atoms with Crippen molar-refractivity contribution in [1.29, 1.82) is 0 Å². The van der Waals surface area contributed by atoms with Crippen LogP contribution in [0.3, 0.4) is 0 Å². The number of halogens is 2. The smallest absolute Gasteiger partial charge is 0.142 e. The van der Waals surface area contributed by atoms with E-state index in [0.717, 1.165) is 25.1 Å². The van der Waals surface area contributed by atoms with E-state index in [1.54, 1.807) is 13.2 Å². The zero-order valence-electron chi connectivity index (χ0n) is 10.8. The second kappa shape index (κ2) is 8.25. The topological polar surface area (TPSA) is 21.3 Å². The molecule has 0 bridgehead atoms. The van der Waals surface area contributed by atoms with Gasteiger partial charge in [-0.1, -0.05) is 36.2 Å². The fourth-order valence-corrected chi connectivity index (χ4v) is 1.66.